The summed E-state index contributed by atoms with van der Waals surface area (Å²) in [5.74, 6) is 0.343. The number of amides is 1. The molecule has 3 aromatic rings. The molecule has 0 saturated heterocycles. The third-order valence-electron chi connectivity index (χ3n) is 3.03. The number of hydrogen-bond donors (Lipinski definition) is 1. The fourth-order valence-electron chi connectivity index (χ4n) is 2.08. The Kier molecular flexibility index (Phi) is 3.13. The van der Waals surface area contributed by atoms with Crippen molar-refractivity contribution in [2.24, 2.45) is 0 Å². The minimum Gasteiger partial charge on any atom is -0.306 e. The number of para-hydroxylation sites is 1. The second-order valence-corrected chi connectivity index (χ2v) is 4.55. The maximum absolute atomic E-state index is 12.3. The zero-order valence-corrected chi connectivity index (χ0v) is 11.0. The molecule has 20 heavy (non-hydrogen) atoms. The molecule has 0 radical (unpaired) electrons. The number of hydrogen-bond acceptors (Lipinski definition) is 3. The van der Waals surface area contributed by atoms with Crippen molar-refractivity contribution < 1.29 is 4.79 Å². The fraction of sp³-hybridized carbons (Fsp3) is 0.0625. The molecule has 1 N–H and O–H groups in total. The van der Waals surface area contributed by atoms with Crippen LogP contribution >= 0.6 is 0 Å². The van der Waals surface area contributed by atoms with Crippen molar-refractivity contribution in [3.05, 3.63) is 66.0 Å². The van der Waals surface area contributed by atoms with E-state index in [0.29, 0.717) is 16.9 Å². The summed E-state index contributed by atoms with van der Waals surface area (Å²) in [6, 6.07) is 13.1. The van der Waals surface area contributed by atoms with Crippen LogP contribution in [0, 0.1) is 6.92 Å². The molecule has 4 nitrogen and oxygen atoms in total. The Labute approximate surface area is 116 Å². The van der Waals surface area contributed by atoms with Crippen LogP contribution in [0.5, 0.6) is 0 Å². The molecule has 4 heteroatoms. The first kappa shape index (κ1) is 12.3. The maximum Gasteiger partial charge on any atom is 0.259 e. The fourth-order valence-corrected chi connectivity index (χ4v) is 2.08. The molecular formula is C16H13N3O. The summed E-state index contributed by atoms with van der Waals surface area (Å²) in [4.78, 5) is 20.8. The second kappa shape index (κ2) is 5.09. The molecule has 0 atom stereocenters. The van der Waals surface area contributed by atoms with E-state index in [0.717, 1.165) is 10.9 Å². The summed E-state index contributed by atoms with van der Waals surface area (Å²) in [5, 5.41) is 3.74. The van der Waals surface area contributed by atoms with Gasteiger partial charge in [-0.3, -0.25) is 9.78 Å². The molecule has 2 aromatic heterocycles. The van der Waals surface area contributed by atoms with Crippen molar-refractivity contribution in [3.63, 3.8) is 0 Å². The van der Waals surface area contributed by atoms with Gasteiger partial charge < -0.3 is 5.32 Å². The molecule has 98 valence electrons. The molecule has 0 fully saturated rings. The first-order chi connectivity index (χ1) is 9.74. The van der Waals surface area contributed by atoms with E-state index in [4.69, 9.17) is 0 Å². The summed E-state index contributed by atoms with van der Waals surface area (Å²) in [6.07, 6.45) is 3.36. The van der Waals surface area contributed by atoms with E-state index >= 15 is 0 Å². The van der Waals surface area contributed by atoms with Crippen LogP contribution in [-0.4, -0.2) is 15.9 Å². The lowest BCUT2D eigenvalue weighted by Gasteiger charge is -2.07. The van der Waals surface area contributed by atoms with Gasteiger partial charge in [0.15, 0.2) is 0 Å². The van der Waals surface area contributed by atoms with Crippen LogP contribution in [0.25, 0.3) is 10.9 Å². The number of aromatic nitrogens is 2. The number of carbonyl (C=O) groups is 1. The van der Waals surface area contributed by atoms with E-state index in [2.05, 4.69) is 15.3 Å². The highest BCUT2D eigenvalue weighted by Crippen LogP contribution is 2.17. The smallest absolute Gasteiger partial charge is 0.259 e. The zero-order valence-electron chi connectivity index (χ0n) is 11.0. The molecule has 0 aliphatic carbocycles. The zero-order chi connectivity index (χ0) is 13.9. The van der Waals surface area contributed by atoms with Crippen molar-refractivity contribution in [1.82, 2.24) is 9.97 Å². The van der Waals surface area contributed by atoms with Gasteiger partial charge in [-0.15, -0.1) is 0 Å². The number of anilines is 1. The Balaban J connectivity index is 1.97. The van der Waals surface area contributed by atoms with Crippen LogP contribution in [0.1, 0.15) is 15.9 Å². The van der Waals surface area contributed by atoms with Gasteiger partial charge in [0.2, 0.25) is 0 Å². The second-order valence-electron chi connectivity index (χ2n) is 4.55. The number of nitrogens with one attached hydrogen (secondary N) is 1. The molecule has 0 unspecified atom stereocenters. The highest BCUT2D eigenvalue weighted by atomic mass is 16.1. The minimum absolute atomic E-state index is 0.201. The third-order valence-corrected chi connectivity index (χ3v) is 3.03. The number of nitrogens with zero attached hydrogens (tertiary/aromatic N) is 2. The van der Waals surface area contributed by atoms with E-state index in [1.54, 1.807) is 18.5 Å². The van der Waals surface area contributed by atoms with Gasteiger partial charge >= 0.3 is 0 Å². The summed E-state index contributed by atoms with van der Waals surface area (Å²) >= 11 is 0. The summed E-state index contributed by atoms with van der Waals surface area (Å²) in [7, 11) is 0. The largest absolute Gasteiger partial charge is 0.306 e. The molecule has 3 rings (SSSR count). The standard InChI is InChI=1S/C16H13N3O/c1-11-7-9-17-14(10-11)19-16(20)13-6-2-4-12-5-3-8-18-15(12)13/h2-10H,1H3,(H,17,19,20). The van der Waals surface area contributed by atoms with Gasteiger partial charge in [-0.2, -0.15) is 0 Å². The highest BCUT2D eigenvalue weighted by Gasteiger charge is 2.11. The van der Waals surface area contributed by atoms with Gasteiger partial charge in [0.05, 0.1) is 11.1 Å². The lowest BCUT2D eigenvalue weighted by Crippen LogP contribution is -2.13. The molecule has 0 saturated carbocycles. The highest BCUT2D eigenvalue weighted by molar-refractivity contribution is 6.11. The van der Waals surface area contributed by atoms with E-state index in [1.807, 2.05) is 43.3 Å². The average molecular weight is 263 g/mol. The molecule has 0 aliphatic heterocycles. The van der Waals surface area contributed by atoms with Crippen LogP contribution < -0.4 is 5.32 Å². The predicted octanol–water partition coefficient (Wildman–Crippen LogP) is 3.19. The Morgan fingerprint density at radius 2 is 1.90 bits per heavy atom. The van der Waals surface area contributed by atoms with Crippen LogP contribution in [0.2, 0.25) is 0 Å². The normalized spacial score (nSPS) is 10.4. The Bertz CT molecular complexity index is 778. The minimum atomic E-state index is -0.201. The molecule has 1 amide bonds. The Morgan fingerprint density at radius 3 is 2.75 bits per heavy atom. The van der Waals surface area contributed by atoms with Gasteiger partial charge in [-0.1, -0.05) is 18.2 Å². The van der Waals surface area contributed by atoms with Crippen LogP contribution in [0.4, 0.5) is 5.82 Å². The van der Waals surface area contributed by atoms with Gasteiger partial charge in [-0.25, -0.2) is 4.98 Å². The first-order valence-electron chi connectivity index (χ1n) is 6.32. The van der Waals surface area contributed by atoms with Gasteiger partial charge in [0, 0.05) is 17.8 Å². The van der Waals surface area contributed by atoms with Crippen molar-refractivity contribution >= 4 is 22.6 Å². The van der Waals surface area contributed by atoms with Crippen molar-refractivity contribution in [2.45, 2.75) is 6.92 Å². The number of rotatable bonds is 2. The monoisotopic (exact) mass is 263 g/mol. The number of pyridine rings is 2. The number of aryl methyl sites for hydroxylation is 1. The van der Waals surface area contributed by atoms with Gasteiger partial charge in [-0.05, 0) is 36.8 Å². The SMILES string of the molecule is Cc1ccnc(NC(=O)c2cccc3cccnc23)c1. The molecule has 0 bridgehead atoms. The Hall–Kier alpha value is -2.75. The summed E-state index contributed by atoms with van der Waals surface area (Å²) in [6.45, 7) is 1.96. The number of fused-ring (bicyclic) bond motifs is 1. The van der Waals surface area contributed by atoms with E-state index in [-0.39, 0.29) is 5.91 Å². The molecular weight excluding hydrogens is 250 g/mol. The lowest BCUT2D eigenvalue weighted by atomic mass is 10.1. The van der Waals surface area contributed by atoms with Crippen LogP contribution in [-0.2, 0) is 0 Å². The van der Waals surface area contributed by atoms with Crippen molar-refractivity contribution in [3.8, 4) is 0 Å². The lowest BCUT2D eigenvalue weighted by molar-refractivity contribution is 0.102. The molecule has 2 heterocycles. The van der Waals surface area contributed by atoms with Crippen molar-refractivity contribution in [2.75, 3.05) is 5.32 Å². The van der Waals surface area contributed by atoms with Crippen LogP contribution in [0.15, 0.2) is 54.9 Å². The molecule has 0 aliphatic rings. The topological polar surface area (TPSA) is 54.9 Å². The maximum atomic E-state index is 12.3. The van der Waals surface area contributed by atoms with E-state index < -0.39 is 0 Å². The van der Waals surface area contributed by atoms with Gasteiger partial charge in [0.1, 0.15) is 5.82 Å². The van der Waals surface area contributed by atoms with Crippen molar-refractivity contribution in [1.29, 1.82) is 0 Å². The van der Waals surface area contributed by atoms with Crippen LogP contribution in [0.3, 0.4) is 0 Å². The molecule has 0 spiro atoms. The van der Waals surface area contributed by atoms with E-state index in [9.17, 15) is 4.79 Å². The quantitative estimate of drug-likeness (QED) is 0.772. The molecule has 1 aromatic carbocycles. The Morgan fingerprint density at radius 1 is 1.05 bits per heavy atom. The van der Waals surface area contributed by atoms with Gasteiger partial charge in [0.25, 0.3) is 5.91 Å². The third kappa shape index (κ3) is 2.36. The summed E-state index contributed by atoms with van der Waals surface area (Å²) in [5.41, 5.74) is 2.29. The predicted molar refractivity (Wildman–Crippen MR) is 78.7 cm³/mol. The number of benzene rings is 1. The van der Waals surface area contributed by atoms with E-state index in [1.165, 1.54) is 0 Å². The summed E-state index contributed by atoms with van der Waals surface area (Å²) < 4.78 is 0. The number of carbonyl (C=O) groups excluding carboxylic acids is 1. The first-order valence-corrected chi connectivity index (χ1v) is 6.32. The average Bonchev–Trinajstić information content (AvgIpc) is 2.46.